The first-order valence-electron chi connectivity index (χ1n) is 7.17. The average molecular weight is 331 g/mol. The molecule has 4 N–H and O–H groups in total. The minimum absolute atomic E-state index is 0.189. The molecule has 0 unspecified atom stereocenters. The first-order chi connectivity index (χ1) is 10.8. The molecule has 6 nitrogen and oxygen atoms in total. The van der Waals surface area contributed by atoms with Gasteiger partial charge in [-0.1, -0.05) is 0 Å². The van der Waals surface area contributed by atoms with Gasteiger partial charge in [-0.15, -0.1) is 0 Å². The third-order valence-electron chi connectivity index (χ3n) is 3.77. The maximum Gasteiger partial charge on any atom is 0.419 e. The van der Waals surface area contributed by atoms with Crippen LogP contribution in [0.3, 0.4) is 0 Å². The summed E-state index contributed by atoms with van der Waals surface area (Å²) in [5.74, 6) is -0.468. The predicted molar refractivity (Wildman–Crippen MR) is 75.1 cm³/mol. The number of halogens is 3. The molecule has 0 aromatic carbocycles. The molecule has 0 spiro atoms. The van der Waals surface area contributed by atoms with Gasteiger partial charge in [-0.3, -0.25) is 14.5 Å². The Balaban J connectivity index is 1.89. The van der Waals surface area contributed by atoms with Crippen molar-refractivity contribution in [1.82, 2.24) is 5.32 Å². The van der Waals surface area contributed by atoms with Crippen molar-refractivity contribution in [2.45, 2.75) is 19.0 Å². The summed E-state index contributed by atoms with van der Waals surface area (Å²) >= 11 is 0. The largest absolute Gasteiger partial charge is 0.419 e. The molecule has 1 saturated heterocycles. The molecule has 126 valence electrons. The number of anilines is 1. The first-order valence-corrected chi connectivity index (χ1v) is 7.17. The van der Waals surface area contributed by atoms with E-state index in [2.05, 4.69) is 10.3 Å². The average Bonchev–Trinajstić information content (AvgIpc) is 2.52. The van der Waals surface area contributed by atoms with Crippen molar-refractivity contribution in [3.05, 3.63) is 23.9 Å². The van der Waals surface area contributed by atoms with Gasteiger partial charge >= 0.3 is 6.18 Å². The lowest BCUT2D eigenvalue weighted by Gasteiger charge is -2.26. The lowest BCUT2D eigenvalue weighted by atomic mass is 9.96. The molecule has 2 amide bonds. The van der Waals surface area contributed by atoms with Gasteiger partial charge in [0.1, 0.15) is 6.20 Å². The molecule has 0 bridgehead atoms. The summed E-state index contributed by atoms with van der Waals surface area (Å²) in [6.07, 6.45) is -2.33. The second kappa shape index (κ2) is 6.84. The lowest BCUT2D eigenvalue weighted by molar-refractivity contribution is -0.367. The Morgan fingerprint density at radius 1 is 1.30 bits per heavy atom. The number of alkyl halides is 3. The van der Waals surface area contributed by atoms with Gasteiger partial charge in [0, 0.05) is 12.0 Å². The second-order valence-corrected chi connectivity index (χ2v) is 5.41. The number of carbonyl (C=O) groups excluding carboxylic acids is 2. The Bertz CT molecular complexity index is 566. The van der Waals surface area contributed by atoms with E-state index in [-0.39, 0.29) is 18.4 Å². The number of hydrogen-bond acceptors (Lipinski definition) is 3. The number of nitrogens with zero attached hydrogens (tertiary/aromatic N) is 1. The predicted octanol–water partition coefficient (Wildman–Crippen LogP) is 0.337. The topological polar surface area (TPSA) is 89.6 Å². The zero-order chi connectivity index (χ0) is 17.0. The lowest BCUT2D eigenvalue weighted by Crippen LogP contribution is -2.44. The van der Waals surface area contributed by atoms with Crippen molar-refractivity contribution in [3.63, 3.8) is 0 Å². The van der Waals surface area contributed by atoms with E-state index in [4.69, 9.17) is 5.73 Å². The van der Waals surface area contributed by atoms with Crippen LogP contribution in [-0.4, -0.2) is 31.4 Å². The number of piperidine rings is 1. The molecule has 1 fully saturated rings. The fourth-order valence-electron chi connectivity index (χ4n) is 2.49. The Hall–Kier alpha value is -2.32. The molecule has 0 atom stereocenters. The summed E-state index contributed by atoms with van der Waals surface area (Å²) in [5, 5.41) is 2.47. The number of rotatable bonds is 4. The van der Waals surface area contributed by atoms with Gasteiger partial charge < -0.3 is 11.1 Å². The standard InChI is InChI=1S/C14H17F3N4O2/c15-14(16,17)10-1-2-12(19-7-10)21-5-3-9(4-6-21)13(23)20-8-11(18)22/h1-2,7,9H,3-6,8H2,(H2,18,22)(H,20,23)/p+1. The fraction of sp³-hybridized carbons (Fsp3) is 0.500. The highest BCUT2D eigenvalue weighted by Gasteiger charge is 2.33. The fourth-order valence-corrected chi connectivity index (χ4v) is 2.49. The van der Waals surface area contributed by atoms with Gasteiger partial charge in [-0.05, 0) is 18.9 Å². The van der Waals surface area contributed by atoms with Crippen LogP contribution in [-0.2, 0) is 15.8 Å². The highest BCUT2D eigenvalue weighted by molar-refractivity contribution is 5.85. The second-order valence-electron chi connectivity index (χ2n) is 5.41. The maximum atomic E-state index is 12.5. The van der Waals surface area contributed by atoms with Crippen LogP contribution in [0.15, 0.2) is 18.3 Å². The highest BCUT2D eigenvalue weighted by Crippen LogP contribution is 2.29. The number of pyridine rings is 1. The Kier molecular flexibility index (Phi) is 5.07. The molecular weight excluding hydrogens is 313 g/mol. The van der Waals surface area contributed by atoms with E-state index >= 15 is 0 Å². The quantitative estimate of drug-likeness (QED) is 0.834. The van der Waals surface area contributed by atoms with E-state index in [0.29, 0.717) is 31.7 Å². The number of amides is 2. The van der Waals surface area contributed by atoms with Crippen molar-refractivity contribution in [3.8, 4) is 0 Å². The zero-order valence-corrected chi connectivity index (χ0v) is 12.3. The number of primary amides is 1. The van der Waals surface area contributed by atoms with Crippen molar-refractivity contribution in [2.75, 3.05) is 24.5 Å². The summed E-state index contributed by atoms with van der Waals surface area (Å²) in [7, 11) is 0. The number of hydrogen-bond donors (Lipinski definition) is 2. The van der Waals surface area contributed by atoms with Crippen LogP contribution in [0.4, 0.5) is 19.0 Å². The number of aromatic amines is 1. The first kappa shape index (κ1) is 17.0. The van der Waals surface area contributed by atoms with Crippen LogP contribution in [0.25, 0.3) is 0 Å². The van der Waals surface area contributed by atoms with Crippen molar-refractivity contribution >= 4 is 17.6 Å². The third-order valence-corrected chi connectivity index (χ3v) is 3.77. The molecule has 1 aromatic rings. The monoisotopic (exact) mass is 331 g/mol. The molecule has 1 aromatic heterocycles. The van der Waals surface area contributed by atoms with E-state index < -0.39 is 17.6 Å². The molecule has 0 aliphatic carbocycles. The SMILES string of the molecule is NC(=O)CNC(=O)C1CCN(c2ccc(C(F)(F)F)c[nH+]2)CC1. The number of H-pyrrole nitrogens is 1. The Labute approximate surface area is 130 Å². The van der Waals surface area contributed by atoms with E-state index in [1.807, 2.05) is 4.90 Å². The summed E-state index contributed by atoms with van der Waals surface area (Å²) in [6, 6.07) is 2.41. The van der Waals surface area contributed by atoms with Crippen molar-refractivity contribution in [1.29, 1.82) is 0 Å². The summed E-state index contributed by atoms with van der Waals surface area (Å²) in [6.45, 7) is 0.888. The van der Waals surface area contributed by atoms with Gasteiger partial charge in [-0.25, -0.2) is 4.98 Å². The van der Waals surface area contributed by atoms with Crippen LogP contribution in [0.2, 0.25) is 0 Å². The van der Waals surface area contributed by atoms with E-state index in [9.17, 15) is 22.8 Å². The zero-order valence-electron chi connectivity index (χ0n) is 12.3. The highest BCUT2D eigenvalue weighted by atomic mass is 19.4. The van der Waals surface area contributed by atoms with Crippen LogP contribution < -0.4 is 20.9 Å². The summed E-state index contributed by atoms with van der Waals surface area (Å²) in [4.78, 5) is 27.0. The number of carbonyl (C=O) groups is 2. The van der Waals surface area contributed by atoms with E-state index in [1.165, 1.54) is 6.07 Å². The summed E-state index contributed by atoms with van der Waals surface area (Å²) < 4.78 is 37.6. The van der Waals surface area contributed by atoms with Crippen LogP contribution in [0.1, 0.15) is 18.4 Å². The number of aromatic nitrogens is 1. The maximum absolute atomic E-state index is 12.5. The van der Waals surface area contributed by atoms with Gasteiger partial charge in [-0.2, -0.15) is 13.2 Å². The van der Waals surface area contributed by atoms with E-state index in [0.717, 1.165) is 12.3 Å². The number of nitrogens with two attached hydrogens (primary N) is 1. The van der Waals surface area contributed by atoms with Gasteiger partial charge in [0.05, 0.1) is 25.2 Å². The third kappa shape index (κ3) is 4.57. The van der Waals surface area contributed by atoms with Crippen LogP contribution in [0.5, 0.6) is 0 Å². The molecule has 1 aliphatic rings. The molecule has 1 aliphatic heterocycles. The van der Waals surface area contributed by atoms with E-state index in [1.54, 1.807) is 0 Å². The van der Waals surface area contributed by atoms with Gasteiger partial charge in [0.15, 0.2) is 0 Å². The smallest absolute Gasteiger partial charge is 0.368 e. The minimum atomic E-state index is -4.37. The van der Waals surface area contributed by atoms with Crippen molar-refractivity contribution < 1.29 is 27.7 Å². The van der Waals surface area contributed by atoms with Crippen LogP contribution in [0, 0.1) is 5.92 Å². The van der Waals surface area contributed by atoms with Crippen LogP contribution >= 0.6 is 0 Å². The van der Waals surface area contributed by atoms with Crippen molar-refractivity contribution in [2.24, 2.45) is 11.7 Å². The molecular formula is C14H18F3N4O2+. The van der Waals surface area contributed by atoms with Gasteiger partial charge in [0.2, 0.25) is 11.8 Å². The minimum Gasteiger partial charge on any atom is -0.368 e. The molecule has 0 saturated carbocycles. The van der Waals surface area contributed by atoms with Gasteiger partial charge in [0.25, 0.3) is 5.82 Å². The molecule has 9 heteroatoms. The number of nitrogens with one attached hydrogen (secondary N) is 2. The molecule has 23 heavy (non-hydrogen) atoms. The normalized spacial score (nSPS) is 16.2. The Morgan fingerprint density at radius 2 is 1.96 bits per heavy atom. The Morgan fingerprint density at radius 3 is 2.43 bits per heavy atom. The summed E-state index contributed by atoms with van der Waals surface area (Å²) in [5.41, 5.74) is 4.23. The molecule has 2 rings (SSSR count). The molecule has 2 heterocycles. The molecule has 0 radical (unpaired) electrons.